The van der Waals surface area contributed by atoms with Gasteiger partial charge in [-0.1, -0.05) is 37.3 Å². The number of benzene rings is 1. The van der Waals surface area contributed by atoms with Crippen LogP contribution in [0.5, 0.6) is 0 Å². The second-order valence-electron chi connectivity index (χ2n) is 7.10. The molecular weight excluding hydrogens is 404 g/mol. The lowest BCUT2D eigenvalue weighted by molar-refractivity contribution is 0.0916. The molecule has 0 bridgehead atoms. The number of hydrogen-bond donors (Lipinski definition) is 6. The summed E-state index contributed by atoms with van der Waals surface area (Å²) in [6, 6.07) is 13.0. The molecule has 0 amide bonds. The molecular formula is C18H27NO7P2. The van der Waals surface area contributed by atoms with Gasteiger partial charge in [0.2, 0.25) is 0 Å². The Labute approximate surface area is 164 Å². The fourth-order valence-corrected chi connectivity index (χ4v) is 5.95. The summed E-state index contributed by atoms with van der Waals surface area (Å²) < 4.78 is 23.8. The van der Waals surface area contributed by atoms with Crippen molar-refractivity contribution in [3.8, 4) is 0 Å². The molecule has 156 valence electrons. The Bertz CT molecular complexity index is 822. The minimum Gasteiger partial charge on any atom is -0.367 e. The van der Waals surface area contributed by atoms with E-state index in [1.807, 2.05) is 30.3 Å². The molecule has 0 aliphatic heterocycles. The minimum absolute atomic E-state index is 0.324. The third kappa shape index (κ3) is 4.84. The number of aryl methyl sites for hydroxylation is 1. The summed E-state index contributed by atoms with van der Waals surface area (Å²) in [6.45, 7) is 1.77. The van der Waals surface area contributed by atoms with E-state index in [2.05, 4.69) is 4.98 Å². The maximum atomic E-state index is 11.9. The minimum atomic E-state index is -5.53. The average molecular weight is 431 g/mol. The number of rotatable bonds is 10. The van der Waals surface area contributed by atoms with Crippen molar-refractivity contribution in [1.29, 1.82) is 0 Å². The van der Waals surface area contributed by atoms with E-state index in [-0.39, 0.29) is 0 Å². The highest BCUT2D eigenvalue weighted by Gasteiger charge is 2.62. The van der Waals surface area contributed by atoms with Gasteiger partial charge in [0.15, 0.2) is 0 Å². The van der Waals surface area contributed by atoms with Crippen molar-refractivity contribution in [2.24, 2.45) is 0 Å². The Morgan fingerprint density at radius 3 is 2.04 bits per heavy atom. The topological polar surface area (TPSA) is 151 Å². The molecule has 0 fully saturated rings. The highest BCUT2D eigenvalue weighted by atomic mass is 31.2. The highest BCUT2D eigenvalue weighted by Crippen LogP contribution is 2.71. The van der Waals surface area contributed by atoms with E-state index in [1.165, 1.54) is 0 Å². The van der Waals surface area contributed by atoms with E-state index in [4.69, 9.17) is 0 Å². The summed E-state index contributed by atoms with van der Waals surface area (Å²) >= 11 is 0. The van der Waals surface area contributed by atoms with Crippen LogP contribution in [-0.4, -0.2) is 34.7 Å². The van der Waals surface area contributed by atoms with Gasteiger partial charge in [-0.25, -0.2) is 0 Å². The first-order chi connectivity index (χ1) is 13.0. The smallest absolute Gasteiger partial charge is 0.367 e. The molecule has 0 spiro atoms. The summed E-state index contributed by atoms with van der Waals surface area (Å²) in [5, 5.41) is 7.08. The molecule has 0 aliphatic carbocycles. The molecule has 1 heterocycles. The Balaban J connectivity index is 2.38. The molecule has 1 atom stereocenters. The number of H-pyrrole nitrogens is 1. The lowest BCUT2D eigenvalue weighted by Gasteiger charge is -2.40. The molecule has 0 saturated carbocycles. The number of aliphatic hydroxyl groups is 1. The first kappa shape index (κ1) is 23.0. The summed E-state index contributed by atoms with van der Waals surface area (Å²) in [7, 11) is -11.1. The van der Waals surface area contributed by atoms with E-state index in [0.717, 1.165) is 5.56 Å². The fourth-order valence-electron chi connectivity index (χ4n) is 3.58. The van der Waals surface area contributed by atoms with Gasteiger partial charge in [-0.3, -0.25) is 9.13 Å². The molecule has 8 nitrogen and oxygen atoms in total. The fraction of sp³-hybridized carbons (Fsp3) is 0.444. The zero-order valence-corrected chi connectivity index (χ0v) is 17.4. The molecule has 28 heavy (non-hydrogen) atoms. The summed E-state index contributed by atoms with van der Waals surface area (Å²) in [4.78, 5) is 41.3. The van der Waals surface area contributed by atoms with Gasteiger partial charge in [-0.15, -0.1) is 0 Å². The van der Waals surface area contributed by atoms with Crippen LogP contribution in [0, 0.1) is 0 Å². The normalized spacial score (nSPS) is 15.4. The summed E-state index contributed by atoms with van der Waals surface area (Å²) in [5.74, 6) is 0. The third-order valence-corrected chi connectivity index (χ3v) is 9.06. The summed E-state index contributed by atoms with van der Waals surface area (Å²) in [6.07, 6.45) is 2.86. The van der Waals surface area contributed by atoms with Crippen molar-refractivity contribution in [3.05, 3.63) is 59.9 Å². The number of aromatic amines is 1. The Morgan fingerprint density at radius 2 is 1.57 bits per heavy atom. The number of nitrogens with one attached hydrogen (secondary N) is 1. The maximum absolute atomic E-state index is 11.9. The van der Waals surface area contributed by atoms with Crippen molar-refractivity contribution in [1.82, 2.24) is 4.98 Å². The Kier molecular flexibility index (Phi) is 7.11. The predicted molar refractivity (Wildman–Crippen MR) is 106 cm³/mol. The highest BCUT2D eigenvalue weighted by molar-refractivity contribution is 7.72. The van der Waals surface area contributed by atoms with Gasteiger partial charge >= 0.3 is 15.2 Å². The zero-order valence-electron chi connectivity index (χ0n) is 15.6. The lowest BCUT2D eigenvalue weighted by atomic mass is 9.74. The third-order valence-electron chi connectivity index (χ3n) is 5.32. The van der Waals surface area contributed by atoms with Gasteiger partial charge in [0.05, 0.1) is 0 Å². The molecule has 1 unspecified atom stereocenters. The van der Waals surface area contributed by atoms with E-state index < -0.39 is 32.1 Å². The number of hydrogen-bond acceptors (Lipinski definition) is 3. The van der Waals surface area contributed by atoms with Crippen LogP contribution in [0.15, 0.2) is 48.7 Å². The van der Waals surface area contributed by atoms with Crippen LogP contribution in [0.2, 0.25) is 0 Å². The monoisotopic (exact) mass is 431 g/mol. The lowest BCUT2D eigenvalue weighted by Crippen LogP contribution is -2.40. The second-order valence-corrected chi connectivity index (χ2v) is 11.1. The molecule has 2 rings (SSSR count). The molecule has 0 saturated heterocycles. The van der Waals surface area contributed by atoms with Crippen LogP contribution in [0.25, 0.3) is 0 Å². The molecule has 6 N–H and O–H groups in total. The maximum Gasteiger partial charge on any atom is 0.369 e. The number of aromatic nitrogens is 1. The van der Waals surface area contributed by atoms with Crippen molar-refractivity contribution < 1.29 is 33.8 Å². The van der Waals surface area contributed by atoms with Crippen molar-refractivity contribution in [3.63, 3.8) is 0 Å². The van der Waals surface area contributed by atoms with E-state index in [0.29, 0.717) is 31.4 Å². The quantitative estimate of drug-likeness (QED) is 0.316. The molecule has 10 heteroatoms. The van der Waals surface area contributed by atoms with Gasteiger partial charge in [-0.05, 0) is 43.4 Å². The van der Waals surface area contributed by atoms with Gasteiger partial charge in [-0.2, -0.15) is 0 Å². The van der Waals surface area contributed by atoms with Crippen LogP contribution in [0.3, 0.4) is 0 Å². The van der Waals surface area contributed by atoms with Crippen molar-refractivity contribution >= 4 is 15.2 Å². The first-order valence-electron chi connectivity index (χ1n) is 8.97. The molecule has 1 aromatic heterocycles. The van der Waals surface area contributed by atoms with Crippen LogP contribution in [-0.2, 0) is 21.0 Å². The first-order valence-corrected chi connectivity index (χ1v) is 12.2. The van der Waals surface area contributed by atoms with Crippen molar-refractivity contribution in [2.45, 2.75) is 49.5 Å². The largest absolute Gasteiger partial charge is 0.369 e. The van der Waals surface area contributed by atoms with E-state index >= 15 is 0 Å². The van der Waals surface area contributed by atoms with E-state index in [9.17, 15) is 33.8 Å². The Hall–Kier alpha value is -1.24. The van der Waals surface area contributed by atoms with Gasteiger partial charge in [0.1, 0.15) is 0 Å². The van der Waals surface area contributed by atoms with Crippen LogP contribution in [0.4, 0.5) is 0 Å². The van der Waals surface area contributed by atoms with Crippen molar-refractivity contribution in [2.75, 3.05) is 0 Å². The van der Waals surface area contributed by atoms with Gasteiger partial charge in [0, 0.05) is 23.7 Å². The molecule has 1 aromatic carbocycles. The Morgan fingerprint density at radius 1 is 0.964 bits per heavy atom. The van der Waals surface area contributed by atoms with Crippen LogP contribution in [0.1, 0.15) is 43.9 Å². The van der Waals surface area contributed by atoms with Gasteiger partial charge < -0.3 is 29.7 Å². The SMILES string of the molecule is CCC(CCCc1ccccc1)(CC(O)(P(=O)(O)O)P(=O)(O)O)c1ccc[nH]1. The summed E-state index contributed by atoms with van der Waals surface area (Å²) in [5.41, 5.74) is 0.609. The van der Waals surface area contributed by atoms with Gasteiger partial charge in [0.25, 0.3) is 5.08 Å². The van der Waals surface area contributed by atoms with E-state index in [1.54, 1.807) is 25.3 Å². The average Bonchev–Trinajstić information content (AvgIpc) is 3.15. The molecule has 2 aromatic rings. The molecule has 0 aliphatic rings. The standard InChI is InChI=1S/C18H27NO7P2/c1-2-17(16-11-7-13-19-16,12-6-10-15-8-4-3-5-9-15)14-18(20,27(21,22)23)28(24,25)26/h3-5,7-9,11,13,19-20H,2,6,10,12,14H2,1H3,(H2,21,22,23)(H2,24,25,26). The molecule has 0 radical (unpaired) electrons. The second kappa shape index (κ2) is 8.64. The zero-order chi connectivity index (χ0) is 21.1. The van der Waals surface area contributed by atoms with Crippen LogP contribution >= 0.6 is 15.2 Å². The van der Waals surface area contributed by atoms with Crippen LogP contribution < -0.4 is 0 Å². The predicted octanol–water partition coefficient (Wildman–Crippen LogP) is 3.08.